The van der Waals surface area contributed by atoms with Crippen LogP contribution in [0.25, 0.3) is 0 Å². The maximum atomic E-state index is 11.4. The van der Waals surface area contributed by atoms with Crippen molar-refractivity contribution in [1.82, 2.24) is 10.6 Å². The predicted molar refractivity (Wildman–Crippen MR) is 69.6 cm³/mol. The summed E-state index contributed by atoms with van der Waals surface area (Å²) in [5.41, 5.74) is 0.615. The van der Waals surface area contributed by atoms with E-state index in [2.05, 4.69) is 16.0 Å². The van der Waals surface area contributed by atoms with Crippen LogP contribution >= 0.6 is 0 Å². The maximum Gasteiger partial charge on any atom is 0.319 e. The molecule has 19 heavy (non-hydrogen) atoms. The highest BCUT2D eigenvalue weighted by atomic mass is 16.3. The van der Waals surface area contributed by atoms with Crippen molar-refractivity contribution >= 4 is 17.6 Å². The van der Waals surface area contributed by atoms with Crippen LogP contribution in [0.5, 0.6) is 0 Å². The van der Waals surface area contributed by atoms with Crippen LogP contribution in [0.4, 0.5) is 10.5 Å². The van der Waals surface area contributed by atoms with E-state index in [0.29, 0.717) is 5.69 Å². The Morgan fingerprint density at radius 2 is 1.74 bits per heavy atom. The summed E-state index contributed by atoms with van der Waals surface area (Å²) >= 11 is 0. The largest absolute Gasteiger partial charge is 0.394 e. The van der Waals surface area contributed by atoms with E-state index in [1.165, 1.54) is 0 Å². The number of amides is 3. The predicted octanol–water partition coefficient (Wildman–Crippen LogP) is -0.722. The zero-order valence-corrected chi connectivity index (χ0v) is 10.3. The Balaban J connectivity index is 2.28. The van der Waals surface area contributed by atoms with E-state index in [9.17, 15) is 9.59 Å². The van der Waals surface area contributed by atoms with E-state index in [-0.39, 0.29) is 19.8 Å². The third kappa shape index (κ3) is 5.84. The summed E-state index contributed by atoms with van der Waals surface area (Å²) in [6, 6.07) is 7.57. The Labute approximate surface area is 110 Å². The van der Waals surface area contributed by atoms with Gasteiger partial charge in [0.15, 0.2) is 0 Å². The summed E-state index contributed by atoms with van der Waals surface area (Å²) in [6.45, 7) is -0.966. The lowest BCUT2D eigenvalue weighted by Crippen LogP contribution is -2.45. The molecule has 0 radical (unpaired) electrons. The van der Waals surface area contributed by atoms with Crippen LogP contribution in [0.15, 0.2) is 30.3 Å². The topological polar surface area (TPSA) is 111 Å². The van der Waals surface area contributed by atoms with Crippen LogP contribution in [-0.4, -0.2) is 48.0 Å². The van der Waals surface area contributed by atoms with E-state index in [0.717, 1.165) is 0 Å². The minimum atomic E-state index is -0.716. The van der Waals surface area contributed by atoms with Gasteiger partial charge in [-0.25, -0.2) is 4.79 Å². The monoisotopic (exact) mass is 267 g/mol. The maximum absolute atomic E-state index is 11.4. The van der Waals surface area contributed by atoms with Gasteiger partial charge in [0.25, 0.3) is 0 Å². The molecular weight excluding hydrogens is 250 g/mol. The highest BCUT2D eigenvalue weighted by Crippen LogP contribution is 2.03. The van der Waals surface area contributed by atoms with Crippen molar-refractivity contribution in [2.75, 3.05) is 25.1 Å². The number of para-hydroxylation sites is 1. The van der Waals surface area contributed by atoms with Crippen LogP contribution < -0.4 is 16.0 Å². The summed E-state index contributed by atoms with van der Waals surface area (Å²) < 4.78 is 0. The normalized spacial score (nSPS) is 10.1. The molecule has 3 amide bonds. The van der Waals surface area contributed by atoms with Gasteiger partial charge in [0.05, 0.1) is 25.8 Å². The number of carbonyl (C=O) groups is 2. The first kappa shape index (κ1) is 14.9. The van der Waals surface area contributed by atoms with Crippen molar-refractivity contribution in [3.63, 3.8) is 0 Å². The number of aliphatic hydroxyl groups excluding tert-OH is 2. The summed E-state index contributed by atoms with van der Waals surface area (Å²) in [7, 11) is 0. The van der Waals surface area contributed by atoms with E-state index >= 15 is 0 Å². The molecule has 0 aliphatic rings. The lowest BCUT2D eigenvalue weighted by Gasteiger charge is -2.13. The quantitative estimate of drug-likeness (QED) is 0.468. The van der Waals surface area contributed by atoms with E-state index < -0.39 is 18.0 Å². The van der Waals surface area contributed by atoms with Gasteiger partial charge in [-0.3, -0.25) is 4.79 Å². The molecule has 0 bridgehead atoms. The second-order valence-electron chi connectivity index (χ2n) is 3.80. The number of carbonyl (C=O) groups excluding carboxylic acids is 2. The van der Waals surface area contributed by atoms with Crippen LogP contribution in [0.1, 0.15) is 0 Å². The number of nitrogens with one attached hydrogen (secondary N) is 3. The molecule has 104 valence electrons. The van der Waals surface area contributed by atoms with E-state index in [4.69, 9.17) is 10.2 Å². The SMILES string of the molecule is O=C(CNC(=O)Nc1ccccc1)NC(CO)CO. The van der Waals surface area contributed by atoms with E-state index in [1.54, 1.807) is 24.3 Å². The number of benzene rings is 1. The lowest BCUT2D eigenvalue weighted by molar-refractivity contribution is -0.121. The fraction of sp³-hybridized carbons (Fsp3) is 0.333. The molecule has 7 nitrogen and oxygen atoms in total. The molecule has 0 saturated heterocycles. The molecule has 0 aliphatic carbocycles. The van der Waals surface area contributed by atoms with Gasteiger partial charge in [-0.2, -0.15) is 0 Å². The highest BCUT2D eigenvalue weighted by molar-refractivity contribution is 5.92. The zero-order chi connectivity index (χ0) is 14.1. The molecule has 0 aromatic heterocycles. The third-order valence-electron chi connectivity index (χ3n) is 2.25. The van der Waals surface area contributed by atoms with Crippen molar-refractivity contribution in [3.05, 3.63) is 30.3 Å². The molecule has 0 heterocycles. The molecular formula is C12H17N3O4. The van der Waals surface area contributed by atoms with E-state index in [1.807, 2.05) is 6.07 Å². The second kappa shape index (κ2) is 8.06. The first-order chi connectivity index (χ1) is 9.15. The lowest BCUT2D eigenvalue weighted by atomic mass is 10.3. The average molecular weight is 267 g/mol. The molecule has 1 aromatic rings. The van der Waals surface area contributed by atoms with Crippen molar-refractivity contribution in [2.45, 2.75) is 6.04 Å². The fourth-order valence-electron chi connectivity index (χ4n) is 1.29. The fourth-order valence-corrected chi connectivity index (χ4v) is 1.29. The first-order valence-electron chi connectivity index (χ1n) is 5.76. The van der Waals surface area contributed by atoms with Gasteiger partial charge in [0, 0.05) is 5.69 Å². The van der Waals surface area contributed by atoms with Gasteiger partial charge in [0.1, 0.15) is 0 Å². The molecule has 7 heteroatoms. The van der Waals surface area contributed by atoms with Crippen LogP contribution in [0, 0.1) is 0 Å². The second-order valence-corrected chi connectivity index (χ2v) is 3.80. The number of rotatable bonds is 6. The van der Waals surface area contributed by atoms with Crippen LogP contribution in [-0.2, 0) is 4.79 Å². The zero-order valence-electron chi connectivity index (χ0n) is 10.3. The molecule has 1 rings (SSSR count). The molecule has 0 aliphatic heterocycles. The Kier molecular flexibility index (Phi) is 6.34. The van der Waals surface area contributed by atoms with Gasteiger partial charge < -0.3 is 26.2 Å². The first-order valence-corrected chi connectivity index (χ1v) is 5.76. The van der Waals surface area contributed by atoms with Crippen molar-refractivity contribution in [3.8, 4) is 0 Å². The van der Waals surface area contributed by atoms with Crippen LogP contribution in [0.3, 0.4) is 0 Å². The van der Waals surface area contributed by atoms with Crippen LogP contribution in [0.2, 0.25) is 0 Å². The number of urea groups is 1. The average Bonchev–Trinajstić information content (AvgIpc) is 2.43. The van der Waals surface area contributed by atoms with Crippen molar-refractivity contribution in [1.29, 1.82) is 0 Å². The number of hydrogen-bond acceptors (Lipinski definition) is 4. The summed E-state index contributed by atoms with van der Waals surface area (Å²) in [5, 5.41) is 24.8. The summed E-state index contributed by atoms with van der Waals surface area (Å²) in [6.07, 6.45) is 0. The van der Waals surface area contributed by atoms with Gasteiger partial charge in [0.2, 0.25) is 5.91 Å². The molecule has 0 fully saturated rings. The highest BCUT2D eigenvalue weighted by Gasteiger charge is 2.10. The Hall–Kier alpha value is -2.12. The van der Waals surface area contributed by atoms with Gasteiger partial charge in [-0.05, 0) is 12.1 Å². The molecule has 0 saturated carbocycles. The standard InChI is InChI=1S/C12H17N3O4/c16-7-10(8-17)14-11(18)6-13-12(19)15-9-4-2-1-3-5-9/h1-5,10,16-17H,6-8H2,(H,14,18)(H2,13,15,19). The van der Waals surface area contributed by atoms with Gasteiger partial charge in [-0.15, -0.1) is 0 Å². The molecule has 0 atom stereocenters. The van der Waals surface area contributed by atoms with Crippen molar-refractivity contribution in [2.24, 2.45) is 0 Å². The minimum absolute atomic E-state index is 0.241. The number of hydrogen-bond donors (Lipinski definition) is 5. The number of anilines is 1. The van der Waals surface area contributed by atoms with Gasteiger partial charge in [-0.1, -0.05) is 18.2 Å². The molecule has 5 N–H and O–H groups in total. The molecule has 0 unspecified atom stereocenters. The minimum Gasteiger partial charge on any atom is -0.394 e. The molecule has 0 spiro atoms. The Morgan fingerprint density at radius 1 is 1.11 bits per heavy atom. The summed E-state index contributed by atoms with van der Waals surface area (Å²) in [5.74, 6) is -0.490. The smallest absolute Gasteiger partial charge is 0.319 e. The Bertz CT molecular complexity index is 407. The third-order valence-corrected chi connectivity index (χ3v) is 2.25. The number of aliphatic hydroxyl groups is 2. The Morgan fingerprint density at radius 3 is 2.32 bits per heavy atom. The molecule has 1 aromatic carbocycles. The summed E-state index contributed by atoms with van der Waals surface area (Å²) in [4.78, 5) is 22.8. The van der Waals surface area contributed by atoms with Crippen molar-refractivity contribution < 1.29 is 19.8 Å². The van der Waals surface area contributed by atoms with Gasteiger partial charge >= 0.3 is 6.03 Å².